The first-order chi connectivity index (χ1) is 14.9. The lowest BCUT2D eigenvalue weighted by molar-refractivity contribution is -0.174. The van der Waals surface area contributed by atoms with Crippen molar-refractivity contribution < 1.29 is 23.9 Å². The maximum atomic E-state index is 13.3. The van der Waals surface area contributed by atoms with E-state index in [4.69, 9.17) is 9.47 Å². The van der Waals surface area contributed by atoms with E-state index >= 15 is 0 Å². The molecule has 1 unspecified atom stereocenters. The van der Waals surface area contributed by atoms with Crippen LogP contribution in [-0.4, -0.2) is 37.6 Å². The summed E-state index contributed by atoms with van der Waals surface area (Å²) in [6.07, 6.45) is 0.403. The summed E-state index contributed by atoms with van der Waals surface area (Å²) in [5, 5.41) is 0. The highest BCUT2D eigenvalue weighted by molar-refractivity contribution is 6.02. The second-order valence-corrected chi connectivity index (χ2v) is 8.24. The van der Waals surface area contributed by atoms with Crippen molar-refractivity contribution >= 4 is 23.5 Å². The number of ether oxygens (including phenoxy) is 2. The van der Waals surface area contributed by atoms with E-state index in [-0.39, 0.29) is 32.0 Å². The van der Waals surface area contributed by atoms with Gasteiger partial charge in [-0.25, -0.2) is 0 Å². The van der Waals surface area contributed by atoms with Crippen molar-refractivity contribution in [1.29, 1.82) is 0 Å². The minimum atomic E-state index is -1.47. The Hall–Kier alpha value is -3.15. The van der Waals surface area contributed by atoms with Gasteiger partial charge in [-0.3, -0.25) is 14.4 Å². The number of rotatable bonds is 4. The van der Waals surface area contributed by atoms with Crippen molar-refractivity contribution in [2.45, 2.75) is 39.0 Å². The molecule has 1 atom stereocenters. The molecule has 1 heterocycles. The average molecular weight is 421 g/mol. The van der Waals surface area contributed by atoms with Crippen LogP contribution in [0.2, 0.25) is 0 Å². The molecule has 2 aromatic carbocycles. The molecule has 6 nitrogen and oxygen atoms in total. The molecule has 0 fully saturated rings. The lowest BCUT2D eigenvalue weighted by Gasteiger charge is -2.44. The monoisotopic (exact) mass is 421 g/mol. The van der Waals surface area contributed by atoms with Crippen LogP contribution < -0.4 is 4.90 Å². The van der Waals surface area contributed by atoms with Crippen LogP contribution in [0.15, 0.2) is 48.5 Å². The fourth-order valence-electron chi connectivity index (χ4n) is 5.27. The number of nitrogens with zero attached hydrogens (tertiary/aromatic N) is 1. The van der Waals surface area contributed by atoms with E-state index in [2.05, 4.69) is 0 Å². The molecule has 162 valence electrons. The summed E-state index contributed by atoms with van der Waals surface area (Å²) >= 11 is 0. The van der Waals surface area contributed by atoms with Crippen LogP contribution in [-0.2, 0) is 35.7 Å². The van der Waals surface area contributed by atoms with Crippen LogP contribution in [0.25, 0.3) is 0 Å². The molecule has 1 aliphatic heterocycles. The molecule has 1 amide bonds. The first kappa shape index (κ1) is 21.1. The normalized spacial score (nSPS) is 20.7. The number of fused-ring (bicyclic) bond motifs is 4. The standard InChI is InChI=1S/C25H27NO5/c1-4-30-22(28)24(23(29)31-5-2)14-18-10-6-7-11-19(18)25(15-24)16-26(17(3)27)21-13-9-8-12-20(21)25/h6-13H,4-5,14-16H2,1-3H3. The van der Waals surface area contributed by atoms with Crippen molar-refractivity contribution in [2.75, 3.05) is 24.7 Å². The van der Waals surface area contributed by atoms with E-state index < -0.39 is 22.8 Å². The third-order valence-electron chi connectivity index (χ3n) is 6.48. The molecule has 1 aliphatic carbocycles. The summed E-state index contributed by atoms with van der Waals surface area (Å²) < 4.78 is 10.8. The quantitative estimate of drug-likeness (QED) is 0.559. The zero-order chi connectivity index (χ0) is 22.2. The molecule has 2 aliphatic rings. The van der Waals surface area contributed by atoms with Gasteiger partial charge in [-0.2, -0.15) is 0 Å². The molecule has 0 N–H and O–H groups in total. The van der Waals surface area contributed by atoms with E-state index in [1.54, 1.807) is 18.7 Å². The zero-order valence-electron chi connectivity index (χ0n) is 18.1. The van der Waals surface area contributed by atoms with Gasteiger partial charge >= 0.3 is 11.9 Å². The van der Waals surface area contributed by atoms with Gasteiger partial charge in [0.1, 0.15) is 0 Å². The van der Waals surface area contributed by atoms with E-state index in [0.29, 0.717) is 6.54 Å². The second kappa shape index (κ2) is 7.84. The molecule has 0 radical (unpaired) electrons. The van der Waals surface area contributed by atoms with Gasteiger partial charge in [-0.05, 0) is 49.4 Å². The van der Waals surface area contributed by atoms with Crippen molar-refractivity contribution in [3.05, 3.63) is 65.2 Å². The number of amides is 1. The topological polar surface area (TPSA) is 72.9 Å². The maximum absolute atomic E-state index is 13.3. The Morgan fingerprint density at radius 2 is 1.48 bits per heavy atom. The molecule has 0 saturated heterocycles. The van der Waals surface area contributed by atoms with E-state index in [1.807, 2.05) is 48.5 Å². The number of para-hydroxylation sites is 1. The summed E-state index contributed by atoms with van der Waals surface area (Å²) in [7, 11) is 0. The van der Waals surface area contributed by atoms with Crippen LogP contribution in [0, 0.1) is 5.41 Å². The minimum absolute atomic E-state index is 0.0785. The maximum Gasteiger partial charge on any atom is 0.323 e. The summed E-state index contributed by atoms with van der Waals surface area (Å²) in [6.45, 7) is 5.70. The van der Waals surface area contributed by atoms with Gasteiger partial charge in [0.2, 0.25) is 5.91 Å². The van der Waals surface area contributed by atoms with Crippen LogP contribution in [0.4, 0.5) is 5.69 Å². The molecular formula is C25H27NO5. The first-order valence-electron chi connectivity index (χ1n) is 10.7. The highest BCUT2D eigenvalue weighted by atomic mass is 16.6. The Bertz CT molecular complexity index is 1030. The van der Waals surface area contributed by atoms with E-state index in [0.717, 1.165) is 22.4 Å². The Balaban J connectivity index is 1.98. The van der Waals surface area contributed by atoms with Crippen molar-refractivity contribution in [2.24, 2.45) is 5.41 Å². The fourth-order valence-corrected chi connectivity index (χ4v) is 5.27. The van der Waals surface area contributed by atoms with Gasteiger partial charge < -0.3 is 14.4 Å². The molecular weight excluding hydrogens is 394 g/mol. The van der Waals surface area contributed by atoms with Crippen LogP contribution in [0.5, 0.6) is 0 Å². The number of hydrogen-bond acceptors (Lipinski definition) is 5. The Labute approximate surface area is 182 Å². The third-order valence-corrected chi connectivity index (χ3v) is 6.48. The predicted molar refractivity (Wildman–Crippen MR) is 116 cm³/mol. The SMILES string of the molecule is CCOC(=O)C1(C(=O)OCC)Cc2ccccc2C2(CN(C(C)=O)c3ccccc32)C1. The van der Waals surface area contributed by atoms with E-state index in [1.165, 1.54) is 6.92 Å². The van der Waals surface area contributed by atoms with Gasteiger partial charge in [0.15, 0.2) is 5.41 Å². The molecule has 0 bridgehead atoms. The number of carbonyl (C=O) groups excluding carboxylic acids is 3. The Kier molecular flexibility index (Phi) is 5.33. The number of benzene rings is 2. The molecule has 0 aromatic heterocycles. The largest absolute Gasteiger partial charge is 0.465 e. The van der Waals surface area contributed by atoms with Gasteiger partial charge in [0.05, 0.1) is 13.2 Å². The molecule has 1 spiro atoms. The molecule has 2 aromatic rings. The smallest absolute Gasteiger partial charge is 0.323 e. The fraction of sp³-hybridized carbons (Fsp3) is 0.400. The second-order valence-electron chi connectivity index (χ2n) is 8.24. The number of carbonyl (C=O) groups is 3. The molecule has 4 rings (SSSR count). The predicted octanol–water partition coefficient (Wildman–Crippen LogP) is 3.40. The lowest BCUT2D eigenvalue weighted by Crippen LogP contribution is -2.54. The average Bonchev–Trinajstić information content (AvgIpc) is 3.09. The van der Waals surface area contributed by atoms with Crippen LogP contribution in [0.3, 0.4) is 0 Å². The summed E-state index contributed by atoms with van der Waals surface area (Å²) in [5.41, 5.74) is 1.51. The highest BCUT2D eigenvalue weighted by Gasteiger charge is 2.61. The molecule has 6 heteroatoms. The van der Waals surface area contributed by atoms with E-state index in [9.17, 15) is 14.4 Å². The number of anilines is 1. The van der Waals surface area contributed by atoms with Gasteiger partial charge in [-0.1, -0.05) is 42.5 Å². The highest BCUT2D eigenvalue weighted by Crippen LogP contribution is 2.56. The van der Waals surface area contributed by atoms with Crippen molar-refractivity contribution in [3.63, 3.8) is 0 Å². The minimum Gasteiger partial charge on any atom is -0.465 e. The van der Waals surface area contributed by atoms with Gasteiger partial charge in [0.25, 0.3) is 0 Å². The Morgan fingerprint density at radius 3 is 2.10 bits per heavy atom. The van der Waals surface area contributed by atoms with Crippen LogP contribution in [0.1, 0.15) is 43.9 Å². The Morgan fingerprint density at radius 1 is 0.903 bits per heavy atom. The number of hydrogen-bond donors (Lipinski definition) is 0. The third kappa shape index (κ3) is 3.12. The zero-order valence-corrected chi connectivity index (χ0v) is 18.1. The molecule has 0 saturated carbocycles. The lowest BCUT2D eigenvalue weighted by atomic mass is 9.57. The molecule has 31 heavy (non-hydrogen) atoms. The van der Waals surface area contributed by atoms with Crippen molar-refractivity contribution in [1.82, 2.24) is 0 Å². The summed E-state index contributed by atoms with van der Waals surface area (Å²) in [6, 6.07) is 15.6. The summed E-state index contributed by atoms with van der Waals surface area (Å²) in [5.74, 6) is -1.22. The summed E-state index contributed by atoms with van der Waals surface area (Å²) in [4.78, 5) is 40.9. The van der Waals surface area contributed by atoms with Gasteiger partial charge in [0, 0.05) is 24.6 Å². The number of esters is 2. The van der Waals surface area contributed by atoms with Crippen LogP contribution >= 0.6 is 0 Å². The first-order valence-corrected chi connectivity index (χ1v) is 10.7. The van der Waals surface area contributed by atoms with Gasteiger partial charge in [-0.15, -0.1) is 0 Å². The van der Waals surface area contributed by atoms with Crippen molar-refractivity contribution in [3.8, 4) is 0 Å².